The quantitative estimate of drug-likeness (QED) is 0.673. The minimum atomic E-state index is -0.117. The lowest BCUT2D eigenvalue weighted by atomic mass is 9.88. The van der Waals surface area contributed by atoms with Crippen molar-refractivity contribution in [2.75, 3.05) is 31.1 Å². The summed E-state index contributed by atoms with van der Waals surface area (Å²) in [5.41, 5.74) is 3.59. The van der Waals surface area contributed by atoms with Crippen LogP contribution in [0.15, 0.2) is 41.5 Å². The topological polar surface area (TPSA) is 62.5 Å². The molecule has 0 bridgehead atoms. The lowest BCUT2D eigenvalue weighted by Crippen LogP contribution is -2.43. The van der Waals surface area contributed by atoms with E-state index >= 15 is 0 Å². The first kappa shape index (κ1) is 20.8. The van der Waals surface area contributed by atoms with Crippen molar-refractivity contribution in [1.29, 1.82) is 0 Å². The van der Waals surface area contributed by atoms with Gasteiger partial charge in [0.25, 0.3) is 5.56 Å². The van der Waals surface area contributed by atoms with Crippen LogP contribution in [0.3, 0.4) is 0 Å². The van der Waals surface area contributed by atoms with E-state index in [4.69, 9.17) is 11.6 Å². The summed E-state index contributed by atoms with van der Waals surface area (Å²) >= 11 is 6.14. The maximum Gasteiger partial charge on any atom is 0.258 e. The second-order valence-electron chi connectivity index (χ2n) is 8.16. The van der Waals surface area contributed by atoms with Gasteiger partial charge in [0, 0.05) is 50.2 Å². The minimum Gasteiger partial charge on any atom is -0.368 e. The molecule has 0 amide bonds. The molecule has 158 valence electrons. The number of anilines is 1. The fourth-order valence-electron chi connectivity index (χ4n) is 3.61. The van der Waals surface area contributed by atoms with Crippen molar-refractivity contribution in [3.8, 4) is 11.3 Å². The van der Waals surface area contributed by atoms with Crippen LogP contribution in [0.5, 0.6) is 0 Å². The van der Waals surface area contributed by atoms with E-state index in [9.17, 15) is 4.79 Å². The molecule has 30 heavy (non-hydrogen) atoms. The van der Waals surface area contributed by atoms with Crippen molar-refractivity contribution in [2.45, 2.75) is 33.1 Å². The van der Waals surface area contributed by atoms with E-state index in [-0.39, 0.29) is 5.56 Å². The van der Waals surface area contributed by atoms with Crippen LogP contribution >= 0.6 is 11.6 Å². The van der Waals surface area contributed by atoms with Gasteiger partial charge in [0.2, 0.25) is 0 Å². The Kier molecular flexibility index (Phi) is 6.35. The number of aromatic nitrogens is 3. The maximum absolute atomic E-state index is 12.6. The van der Waals surface area contributed by atoms with E-state index in [1.54, 1.807) is 16.7 Å². The van der Waals surface area contributed by atoms with E-state index < -0.39 is 0 Å². The lowest BCUT2D eigenvalue weighted by Gasteiger charge is -2.29. The van der Waals surface area contributed by atoms with E-state index in [0.29, 0.717) is 16.4 Å². The van der Waals surface area contributed by atoms with Gasteiger partial charge in [-0.1, -0.05) is 37.8 Å². The molecule has 1 N–H and O–H groups in total. The van der Waals surface area contributed by atoms with Crippen molar-refractivity contribution in [3.05, 3.63) is 57.7 Å². The molecule has 4 heterocycles. The average Bonchev–Trinajstić information content (AvgIpc) is 2.75. The molecule has 6 nitrogen and oxygen atoms in total. The van der Waals surface area contributed by atoms with Crippen LogP contribution in [-0.2, 0) is 0 Å². The zero-order valence-corrected chi connectivity index (χ0v) is 18.3. The number of pyridine rings is 2. The Morgan fingerprint density at radius 2 is 1.90 bits per heavy atom. The van der Waals surface area contributed by atoms with Crippen LogP contribution in [0.2, 0.25) is 5.02 Å². The molecule has 3 aromatic heterocycles. The molecule has 7 heteroatoms. The van der Waals surface area contributed by atoms with Crippen molar-refractivity contribution >= 4 is 22.9 Å². The smallest absolute Gasteiger partial charge is 0.258 e. The number of nitrogens with zero attached hydrogens (tertiary/aromatic N) is 4. The number of hydrogen-bond donors (Lipinski definition) is 1. The molecule has 0 unspecified atom stereocenters. The molecule has 1 aliphatic carbocycles. The standard InChI is InChI=1S/C18H18ClN5O.C5H10/c1-12-15(19)8-13(10-21-12)16-9-18(25)24-11-14(2-3-17(24)22-16)23-6-4-20-5-7-23;1-5-3-2-4-5/h2-3,8-11,20H,4-7H2,1H3;5H,2-4H2,1H3. The molecular formula is C23H28ClN5O. The third-order valence-electron chi connectivity index (χ3n) is 5.84. The third kappa shape index (κ3) is 4.65. The van der Waals surface area contributed by atoms with Crippen LogP contribution in [-0.4, -0.2) is 40.5 Å². The summed E-state index contributed by atoms with van der Waals surface area (Å²) in [6.45, 7) is 7.91. The highest BCUT2D eigenvalue weighted by Crippen LogP contribution is 2.24. The van der Waals surface area contributed by atoms with Gasteiger partial charge in [-0.25, -0.2) is 4.98 Å². The SMILES string of the molecule is CC1CCC1.Cc1ncc(-c2cc(=O)n3cc(N4CCNCC4)ccc3n2)cc1Cl. The Balaban J connectivity index is 0.000000383. The Labute approximate surface area is 181 Å². The van der Waals surface area contributed by atoms with Crippen molar-refractivity contribution in [3.63, 3.8) is 0 Å². The summed E-state index contributed by atoms with van der Waals surface area (Å²) in [6.07, 6.45) is 8.01. The van der Waals surface area contributed by atoms with Crippen LogP contribution in [0.25, 0.3) is 16.9 Å². The summed E-state index contributed by atoms with van der Waals surface area (Å²) < 4.78 is 1.59. The number of hydrogen-bond acceptors (Lipinski definition) is 5. The number of aryl methyl sites for hydroxylation is 1. The highest BCUT2D eigenvalue weighted by Gasteiger charge is 2.13. The molecule has 0 spiro atoms. The molecule has 0 radical (unpaired) electrons. The predicted octanol–water partition coefficient (Wildman–Crippen LogP) is 3.93. The third-order valence-corrected chi connectivity index (χ3v) is 6.22. The first-order valence-electron chi connectivity index (χ1n) is 10.6. The Morgan fingerprint density at radius 1 is 1.17 bits per heavy atom. The van der Waals surface area contributed by atoms with Crippen LogP contribution < -0.4 is 15.8 Å². The molecule has 1 aliphatic heterocycles. The number of piperazine rings is 1. The molecule has 1 saturated carbocycles. The number of nitrogens with one attached hydrogen (secondary N) is 1. The van der Waals surface area contributed by atoms with Crippen LogP contribution in [0, 0.1) is 12.8 Å². The van der Waals surface area contributed by atoms with Gasteiger partial charge in [-0.2, -0.15) is 0 Å². The van der Waals surface area contributed by atoms with Gasteiger partial charge < -0.3 is 10.2 Å². The van der Waals surface area contributed by atoms with Gasteiger partial charge in [0.1, 0.15) is 5.65 Å². The van der Waals surface area contributed by atoms with Gasteiger partial charge in [-0.15, -0.1) is 0 Å². The fraction of sp³-hybridized carbons (Fsp3) is 0.435. The summed E-state index contributed by atoms with van der Waals surface area (Å²) in [5.74, 6) is 1.06. The lowest BCUT2D eigenvalue weighted by molar-refractivity contribution is 0.346. The van der Waals surface area contributed by atoms with E-state index in [0.717, 1.165) is 49.0 Å². The predicted molar refractivity (Wildman–Crippen MR) is 123 cm³/mol. The van der Waals surface area contributed by atoms with E-state index in [1.165, 1.54) is 25.3 Å². The fourth-order valence-corrected chi connectivity index (χ4v) is 3.77. The summed E-state index contributed by atoms with van der Waals surface area (Å²) in [6, 6.07) is 7.21. The first-order chi connectivity index (χ1) is 14.5. The zero-order valence-electron chi connectivity index (χ0n) is 17.6. The van der Waals surface area contributed by atoms with E-state index in [2.05, 4.69) is 27.1 Å². The molecule has 1 saturated heterocycles. The van der Waals surface area contributed by atoms with Crippen molar-refractivity contribution in [2.24, 2.45) is 5.92 Å². The molecule has 3 aromatic rings. The van der Waals surface area contributed by atoms with Gasteiger partial charge in [-0.3, -0.25) is 14.2 Å². The Bertz CT molecular complexity index is 1090. The summed E-state index contributed by atoms with van der Waals surface area (Å²) in [5, 5.41) is 3.89. The van der Waals surface area contributed by atoms with Crippen LogP contribution in [0.4, 0.5) is 5.69 Å². The normalized spacial score (nSPS) is 16.7. The number of rotatable bonds is 2. The van der Waals surface area contributed by atoms with E-state index in [1.807, 2.05) is 25.3 Å². The highest BCUT2D eigenvalue weighted by atomic mass is 35.5. The summed E-state index contributed by atoms with van der Waals surface area (Å²) in [7, 11) is 0. The second kappa shape index (κ2) is 9.14. The monoisotopic (exact) mass is 425 g/mol. The molecule has 2 aliphatic rings. The molecule has 0 atom stereocenters. The average molecular weight is 426 g/mol. The van der Waals surface area contributed by atoms with Crippen LogP contribution in [0.1, 0.15) is 31.9 Å². The highest BCUT2D eigenvalue weighted by molar-refractivity contribution is 6.31. The van der Waals surface area contributed by atoms with Gasteiger partial charge in [-0.05, 0) is 31.0 Å². The molecule has 2 fully saturated rings. The van der Waals surface area contributed by atoms with Gasteiger partial charge >= 0.3 is 0 Å². The zero-order chi connectivity index (χ0) is 21.1. The molecule has 5 rings (SSSR count). The largest absolute Gasteiger partial charge is 0.368 e. The van der Waals surface area contributed by atoms with Crippen molar-refractivity contribution in [1.82, 2.24) is 19.7 Å². The Hall–Kier alpha value is -2.44. The van der Waals surface area contributed by atoms with Gasteiger partial charge in [0.05, 0.1) is 22.1 Å². The minimum absolute atomic E-state index is 0.117. The molecular weight excluding hydrogens is 398 g/mol. The maximum atomic E-state index is 12.6. The second-order valence-corrected chi connectivity index (χ2v) is 8.57. The number of halogens is 1. The Morgan fingerprint density at radius 3 is 2.53 bits per heavy atom. The van der Waals surface area contributed by atoms with Gasteiger partial charge in [0.15, 0.2) is 0 Å². The number of fused-ring (bicyclic) bond motifs is 1. The first-order valence-corrected chi connectivity index (χ1v) is 11.0. The summed E-state index contributed by atoms with van der Waals surface area (Å²) in [4.78, 5) is 23.7. The molecule has 0 aromatic carbocycles. The van der Waals surface area contributed by atoms with Crippen molar-refractivity contribution < 1.29 is 0 Å².